The van der Waals surface area contributed by atoms with Crippen LogP contribution in [0.2, 0.25) is 0 Å². The van der Waals surface area contributed by atoms with Gasteiger partial charge in [0.1, 0.15) is 5.82 Å². The number of nitrogens with one attached hydrogen (secondary N) is 1. The lowest BCUT2D eigenvalue weighted by molar-refractivity contribution is -0.118. The summed E-state index contributed by atoms with van der Waals surface area (Å²) in [6.07, 6.45) is 0. The molecule has 0 heterocycles. The molecule has 0 fully saturated rings. The van der Waals surface area contributed by atoms with Gasteiger partial charge in [0.25, 0.3) is 0 Å². The summed E-state index contributed by atoms with van der Waals surface area (Å²) in [5, 5.41) is 3.80. The van der Waals surface area contributed by atoms with Gasteiger partial charge in [-0.2, -0.15) is 5.10 Å². The van der Waals surface area contributed by atoms with E-state index in [4.69, 9.17) is 11.6 Å². The molecule has 0 spiro atoms. The summed E-state index contributed by atoms with van der Waals surface area (Å²) in [6.45, 7) is 1.35. The van der Waals surface area contributed by atoms with Gasteiger partial charge in [0.15, 0.2) is 0 Å². The van der Waals surface area contributed by atoms with Gasteiger partial charge in [-0.1, -0.05) is 12.1 Å². The van der Waals surface area contributed by atoms with Crippen LogP contribution in [0.3, 0.4) is 0 Å². The Kier molecular flexibility index (Phi) is 4.24. The molecule has 15 heavy (non-hydrogen) atoms. The summed E-state index contributed by atoms with van der Waals surface area (Å²) in [7, 11) is 0. The van der Waals surface area contributed by atoms with Crippen molar-refractivity contribution in [1.29, 1.82) is 0 Å². The lowest BCUT2D eigenvalue weighted by Gasteiger charge is -2.02. The van der Waals surface area contributed by atoms with Gasteiger partial charge < -0.3 is 0 Å². The van der Waals surface area contributed by atoms with Gasteiger partial charge in [-0.3, -0.25) is 4.79 Å². The third-order valence-corrected chi connectivity index (χ3v) is 1.91. The average Bonchev–Trinajstić information content (AvgIpc) is 2.21. The average molecular weight is 229 g/mol. The molecule has 80 valence electrons. The minimum Gasteiger partial charge on any atom is -0.274 e. The van der Waals surface area contributed by atoms with Gasteiger partial charge in [0.05, 0.1) is 11.6 Å². The number of hydrazone groups is 1. The quantitative estimate of drug-likeness (QED) is 0.479. The standard InChI is InChI=1S/C10H10ClFN2O/c1-7(15)13-14-10(6-11)8-2-4-9(12)5-3-8/h2-5H,6H2,1H3,(H,13,15)/b14-10+. The number of halogens is 2. The van der Waals surface area contributed by atoms with Crippen molar-refractivity contribution in [3.8, 4) is 0 Å². The summed E-state index contributed by atoms with van der Waals surface area (Å²) in [6, 6.07) is 5.73. The van der Waals surface area contributed by atoms with Crippen molar-refractivity contribution in [3.05, 3.63) is 35.6 Å². The maximum atomic E-state index is 12.6. The van der Waals surface area contributed by atoms with Crippen LogP contribution in [0.25, 0.3) is 0 Å². The topological polar surface area (TPSA) is 41.5 Å². The van der Waals surface area contributed by atoms with Gasteiger partial charge in [-0.25, -0.2) is 9.82 Å². The third-order valence-electron chi connectivity index (χ3n) is 1.65. The predicted molar refractivity (Wildman–Crippen MR) is 57.5 cm³/mol. The number of amides is 1. The number of carbonyl (C=O) groups is 1. The monoisotopic (exact) mass is 228 g/mol. The highest BCUT2D eigenvalue weighted by Gasteiger charge is 2.02. The second-order valence-electron chi connectivity index (χ2n) is 2.87. The highest BCUT2D eigenvalue weighted by Crippen LogP contribution is 2.05. The zero-order valence-electron chi connectivity index (χ0n) is 8.13. The van der Waals surface area contributed by atoms with Crippen molar-refractivity contribution < 1.29 is 9.18 Å². The molecule has 0 aromatic heterocycles. The van der Waals surface area contributed by atoms with Crippen LogP contribution in [0, 0.1) is 5.82 Å². The minimum absolute atomic E-state index is 0.145. The van der Waals surface area contributed by atoms with E-state index in [-0.39, 0.29) is 17.6 Å². The Morgan fingerprint density at radius 3 is 2.53 bits per heavy atom. The molecule has 1 aromatic rings. The molecule has 3 nitrogen and oxygen atoms in total. The highest BCUT2D eigenvalue weighted by molar-refractivity contribution is 6.31. The largest absolute Gasteiger partial charge is 0.274 e. The SMILES string of the molecule is CC(=O)N/N=C(\CCl)c1ccc(F)cc1. The number of carbonyl (C=O) groups excluding carboxylic acids is 1. The number of alkyl halides is 1. The zero-order chi connectivity index (χ0) is 11.3. The molecule has 0 saturated heterocycles. The minimum atomic E-state index is -0.327. The second-order valence-corrected chi connectivity index (χ2v) is 3.13. The Morgan fingerprint density at radius 2 is 2.07 bits per heavy atom. The molecule has 0 aliphatic heterocycles. The van der Waals surface area contributed by atoms with Crippen molar-refractivity contribution in [3.63, 3.8) is 0 Å². The van der Waals surface area contributed by atoms with Crippen LogP contribution in [0.1, 0.15) is 12.5 Å². The van der Waals surface area contributed by atoms with Crippen molar-refractivity contribution in [2.24, 2.45) is 5.10 Å². The van der Waals surface area contributed by atoms with Gasteiger partial charge in [-0.05, 0) is 17.7 Å². The number of hydrogen-bond donors (Lipinski definition) is 1. The smallest absolute Gasteiger partial charge is 0.236 e. The molecule has 5 heteroatoms. The zero-order valence-corrected chi connectivity index (χ0v) is 8.88. The Hall–Kier alpha value is -1.42. The predicted octanol–water partition coefficient (Wildman–Crippen LogP) is 1.90. The van der Waals surface area contributed by atoms with Crippen molar-refractivity contribution in [2.45, 2.75) is 6.92 Å². The first-order valence-electron chi connectivity index (χ1n) is 4.28. The molecule has 1 aromatic carbocycles. The fourth-order valence-corrected chi connectivity index (χ4v) is 1.17. The van der Waals surface area contributed by atoms with Gasteiger partial charge in [-0.15, -0.1) is 11.6 Å². The maximum absolute atomic E-state index is 12.6. The second kappa shape index (κ2) is 5.46. The molecule has 1 rings (SSSR count). The van der Waals surface area contributed by atoms with Crippen LogP contribution in [0.4, 0.5) is 4.39 Å². The third kappa shape index (κ3) is 3.67. The van der Waals surface area contributed by atoms with Crippen LogP contribution in [-0.4, -0.2) is 17.5 Å². The first kappa shape index (κ1) is 11.7. The normalized spacial score (nSPS) is 11.3. The highest BCUT2D eigenvalue weighted by atomic mass is 35.5. The summed E-state index contributed by atoms with van der Waals surface area (Å²) < 4.78 is 12.6. The van der Waals surface area contributed by atoms with Crippen molar-refractivity contribution in [1.82, 2.24) is 5.43 Å². The van der Waals surface area contributed by atoms with Crippen molar-refractivity contribution in [2.75, 3.05) is 5.88 Å². The van der Waals surface area contributed by atoms with Gasteiger partial charge >= 0.3 is 0 Å². The molecular formula is C10H10ClFN2O. The van der Waals surface area contributed by atoms with E-state index in [1.165, 1.54) is 19.1 Å². The Morgan fingerprint density at radius 1 is 1.47 bits per heavy atom. The van der Waals surface area contributed by atoms with E-state index < -0.39 is 0 Å². The Labute approximate surface area is 91.9 Å². The molecular weight excluding hydrogens is 219 g/mol. The summed E-state index contributed by atoms with van der Waals surface area (Å²) in [5.74, 6) is -0.460. The summed E-state index contributed by atoms with van der Waals surface area (Å²) in [5.41, 5.74) is 3.45. The molecule has 1 amide bonds. The lowest BCUT2D eigenvalue weighted by Crippen LogP contribution is -2.17. The van der Waals surface area contributed by atoms with Crippen LogP contribution < -0.4 is 5.43 Å². The Bertz CT molecular complexity index is 376. The molecule has 0 unspecified atom stereocenters. The first-order chi connectivity index (χ1) is 7.13. The van der Waals surface area contributed by atoms with Crippen LogP contribution in [0.5, 0.6) is 0 Å². The van der Waals surface area contributed by atoms with E-state index in [9.17, 15) is 9.18 Å². The van der Waals surface area contributed by atoms with Gasteiger partial charge in [0, 0.05) is 6.92 Å². The van der Waals surface area contributed by atoms with Crippen molar-refractivity contribution >= 4 is 23.2 Å². The molecule has 0 aliphatic carbocycles. The van der Waals surface area contributed by atoms with Gasteiger partial charge in [0.2, 0.25) is 5.91 Å². The van der Waals surface area contributed by atoms with E-state index in [0.717, 1.165) is 0 Å². The molecule has 0 radical (unpaired) electrons. The number of benzene rings is 1. The maximum Gasteiger partial charge on any atom is 0.236 e. The van der Waals surface area contributed by atoms with E-state index in [0.29, 0.717) is 11.3 Å². The molecule has 0 bridgehead atoms. The molecule has 0 atom stereocenters. The number of nitrogens with zero attached hydrogens (tertiary/aromatic N) is 1. The van der Waals surface area contributed by atoms with E-state index in [2.05, 4.69) is 10.5 Å². The van der Waals surface area contributed by atoms with E-state index in [1.54, 1.807) is 12.1 Å². The summed E-state index contributed by atoms with van der Waals surface area (Å²) >= 11 is 5.65. The molecule has 0 aliphatic rings. The molecule has 1 N–H and O–H groups in total. The van der Waals surface area contributed by atoms with Crippen LogP contribution in [0.15, 0.2) is 29.4 Å². The fourth-order valence-electron chi connectivity index (χ4n) is 0.960. The lowest BCUT2D eigenvalue weighted by atomic mass is 10.1. The molecule has 0 saturated carbocycles. The van der Waals surface area contributed by atoms with E-state index >= 15 is 0 Å². The van der Waals surface area contributed by atoms with Crippen LogP contribution >= 0.6 is 11.6 Å². The fraction of sp³-hybridized carbons (Fsp3) is 0.200. The Balaban J connectivity index is 2.87. The summed E-state index contributed by atoms with van der Waals surface area (Å²) in [4.78, 5) is 10.6. The number of rotatable bonds is 3. The first-order valence-corrected chi connectivity index (χ1v) is 4.82. The van der Waals surface area contributed by atoms with Crippen LogP contribution in [-0.2, 0) is 4.79 Å². The van der Waals surface area contributed by atoms with E-state index in [1.807, 2.05) is 0 Å². The number of hydrogen-bond acceptors (Lipinski definition) is 2.